The lowest BCUT2D eigenvalue weighted by molar-refractivity contribution is -0.385. The van der Waals surface area contributed by atoms with Crippen molar-refractivity contribution in [3.05, 3.63) is 84.5 Å². The molecule has 0 unspecified atom stereocenters. The Morgan fingerprint density at radius 3 is 2.22 bits per heavy atom. The third kappa shape index (κ3) is 6.15. The molecule has 13 heteroatoms. The molecule has 0 saturated carbocycles. The summed E-state index contributed by atoms with van der Waals surface area (Å²) < 4.78 is 0. The zero-order valence-corrected chi connectivity index (χ0v) is 17.9. The van der Waals surface area contributed by atoms with E-state index in [1.165, 1.54) is 30.5 Å². The molecule has 3 aromatic rings. The highest BCUT2D eigenvalue weighted by molar-refractivity contribution is 6.35. The Kier molecular flexibility index (Phi) is 7.58. The first kappa shape index (κ1) is 23.0. The van der Waals surface area contributed by atoms with E-state index in [0.717, 1.165) is 0 Å². The summed E-state index contributed by atoms with van der Waals surface area (Å²) in [6.07, 6.45) is 1.17. The lowest BCUT2D eigenvalue weighted by Crippen LogP contribution is -2.15. The number of aromatic nitrogens is 2. The molecule has 0 saturated heterocycles. The van der Waals surface area contributed by atoms with E-state index >= 15 is 0 Å². The van der Waals surface area contributed by atoms with Gasteiger partial charge in [0.2, 0.25) is 5.82 Å². The SMILES string of the molecule is O=[N+]([O-])c1ccc(NCCNc2ccc([N+](=O)[O-])c(NCc3ccc(Cl)cc3Cl)n2)nc1. The third-order valence-electron chi connectivity index (χ3n) is 4.23. The molecule has 0 amide bonds. The van der Waals surface area contributed by atoms with Gasteiger partial charge in [-0.3, -0.25) is 20.2 Å². The Hall–Kier alpha value is -3.70. The van der Waals surface area contributed by atoms with Crippen LogP contribution in [-0.4, -0.2) is 32.9 Å². The van der Waals surface area contributed by atoms with Crippen LogP contribution in [0.15, 0.2) is 48.7 Å². The number of rotatable bonds is 10. The van der Waals surface area contributed by atoms with Crippen molar-refractivity contribution >= 4 is 52.0 Å². The number of pyridine rings is 2. The molecule has 0 aliphatic rings. The van der Waals surface area contributed by atoms with Gasteiger partial charge in [-0.25, -0.2) is 9.97 Å². The molecule has 0 atom stereocenters. The van der Waals surface area contributed by atoms with Crippen LogP contribution < -0.4 is 16.0 Å². The predicted octanol–water partition coefficient (Wildman–Crippen LogP) is 4.74. The minimum absolute atomic E-state index is 0.0935. The highest BCUT2D eigenvalue weighted by Crippen LogP contribution is 2.26. The largest absolute Gasteiger partial charge is 0.368 e. The minimum Gasteiger partial charge on any atom is -0.368 e. The van der Waals surface area contributed by atoms with E-state index in [1.54, 1.807) is 18.2 Å². The van der Waals surface area contributed by atoms with Gasteiger partial charge in [-0.05, 0) is 29.8 Å². The second-order valence-electron chi connectivity index (χ2n) is 6.42. The lowest BCUT2D eigenvalue weighted by atomic mass is 10.2. The van der Waals surface area contributed by atoms with E-state index < -0.39 is 9.85 Å². The Labute approximate surface area is 192 Å². The topological polar surface area (TPSA) is 148 Å². The maximum atomic E-state index is 11.3. The molecular weight excluding hydrogens is 461 g/mol. The number of halogens is 2. The molecule has 1 aromatic carbocycles. The smallest absolute Gasteiger partial charge is 0.311 e. The summed E-state index contributed by atoms with van der Waals surface area (Å²) in [5.74, 6) is 1.01. The fourth-order valence-corrected chi connectivity index (χ4v) is 3.13. The average Bonchev–Trinajstić information content (AvgIpc) is 2.76. The number of nitro groups is 2. The molecule has 11 nitrogen and oxygen atoms in total. The fourth-order valence-electron chi connectivity index (χ4n) is 2.65. The van der Waals surface area contributed by atoms with Crippen molar-refractivity contribution in [1.29, 1.82) is 0 Å². The molecule has 2 heterocycles. The summed E-state index contributed by atoms with van der Waals surface area (Å²) in [5, 5.41) is 31.9. The number of hydrogen-bond donors (Lipinski definition) is 3. The molecule has 3 rings (SSSR count). The zero-order chi connectivity index (χ0) is 23.1. The van der Waals surface area contributed by atoms with Crippen LogP contribution in [0.4, 0.5) is 28.8 Å². The van der Waals surface area contributed by atoms with Gasteiger partial charge in [0.1, 0.15) is 17.8 Å². The predicted molar refractivity (Wildman–Crippen MR) is 123 cm³/mol. The molecule has 0 spiro atoms. The zero-order valence-electron chi connectivity index (χ0n) is 16.4. The summed E-state index contributed by atoms with van der Waals surface area (Å²) >= 11 is 12.0. The molecule has 3 N–H and O–H groups in total. The number of nitrogens with zero attached hydrogens (tertiary/aromatic N) is 4. The van der Waals surface area contributed by atoms with Gasteiger partial charge in [-0.15, -0.1) is 0 Å². The summed E-state index contributed by atoms with van der Waals surface area (Å²) in [6.45, 7) is 1.08. The average molecular weight is 478 g/mol. The second-order valence-corrected chi connectivity index (χ2v) is 7.27. The van der Waals surface area contributed by atoms with Gasteiger partial charge in [0.15, 0.2) is 0 Å². The molecule has 166 valence electrons. The molecular formula is C19H17Cl2N7O4. The van der Waals surface area contributed by atoms with Gasteiger partial charge in [-0.2, -0.15) is 0 Å². The highest BCUT2D eigenvalue weighted by atomic mass is 35.5. The highest BCUT2D eigenvalue weighted by Gasteiger charge is 2.16. The van der Waals surface area contributed by atoms with Gasteiger partial charge in [-0.1, -0.05) is 29.3 Å². The first-order valence-electron chi connectivity index (χ1n) is 9.25. The summed E-state index contributed by atoms with van der Waals surface area (Å²) in [5.41, 5.74) is 0.447. The molecule has 32 heavy (non-hydrogen) atoms. The molecule has 0 aliphatic heterocycles. The van der Waals surface area contributed by atoms with Crippen LogP contribution in [0.5, 0.6) is 0 Å². The number of benzene rings is 1. The van der Waals surface area contributed by atoms with Crippen molar-refractivity contribution in [2.75, 3.05) is 29.0 Å². The van der Waals surface area contributed by atoms with Gasteiger partial charge >= 0.3 is 5.69 Å². The van der Waals surface area contributed by atoms with E-state index in [9.17, 15) is 20.2 Å². The van der Waals surface area contributed by atoms with Crippen LogP contribution in [0.3, 0.4) is 0 Å². The maximum Gasteiger partial charge on any atom is 0.311 e. The summed E-state index contributed by atoms with van der Waals surface area (Å²) in [6, 6.07) is 10.7. The van der Waals surface area contributed by atoms with Gasteiger partial charge < -0.3 is 16.0 Å². The van der Waals surface area contributed by atoms with Crippen LogP contribution in [0.25, 0.3) is 0 Å². The van der Waals surface area contributed by atoms with E-state index in [0.29, 0.717) is 40.3 Å². The van der Waals surface area contributed by atoms with E-state index in [1.807, 2.05) is 0 Å². The normalized spacial score (nSPS) is 10.4. The van der Waals surface area contributed by atoms with Gasteiger partial charge in [0, 0.05) is 41.8 Å². The third-order valence-corrected chi connectivity index (χ3v) is 4.81. The first-order valence-corrected chi connectivity index (χ1v) is 10.0. The van der Waals surface area contributed by atoms with Gasteiger partial charge in [0.25, 0.3) is 5.69 Å². The quantitative estimate of drug-likeness (QED) is 0.213. The van der Waals surface area contributed by atoms with Crippen molar-refractivity contribution in [1.82, 2.24) is 9.97 Å². The summed E-state index contributed by atoms with van der Waals surface area (Å²) in [4.78, 5) is 29.2. The summed E-state index contributed by atoms with van der Waals surface area (Å²) in [7, 11) is 0. The Morgan fingerprint density at radius 2 is 1.59 bits per heavy atom. The van der Waals surface area contributed by atoms with Crippen LogP contribution in [0.2, 0.25) is 10.0 Å². The monoisotopic (exact) mass is 477 g/mol. The van der Waals surface area contributed by atoms with Crippen molar-refractivity contribution in [3.63, 3.8) is 0 Å². The molecule has 0 aliphatic carbocycles. The van der Waals surface area contributed by atoms with Crippen LogP contribution >= 0.6 is 23.2 Å². The van der Waals surface area contributed by atoms with Crippen LogP contribution in [-0.2, 0) is 6.54 Å². The maximum absolute atomic E-state index is 11.3. The molecule has 0 radical (unpaired) electrons. The standard InChI is InChI=1S/C19H17Cl2N7O4/c20-13-2-1-12(15(21)9-13)10-25-19-16(28(31)32)4-6-18(26-19)23-8-7-22-17-5-3-14(11-24-17)27(29)30/h1-6,9,11H,7-8,10H2,(H,22,24)(H2,23,25,26). The van der Waals surface area contributed by atoms with Crippen LogP contribution in [0.1, 0.15) is 5.56 Å². The Morgan fingerprint density at radius 1 is 0.875 bits per heavy atom. The number of hydrogen-bond acceptors (Lipinski definition) is 9. The molecule has 2 aromatic heterocycles. The minimum atomic E-state index is -0.523. The van der Waals surface area contributed by atoms with Crippen LogP contribution in [0, 0.1) is 20.2 Å². The second kappa shape index (κ2) is 10.6. The fraction of sp³-hybridized carbons (Fsp3) is 0.158. The van der Waals surface area contributed by atoms with Gasteiger partial charge in [0.05, 0.1) is 9.85 Å². The van der Waals surface area contributed by atoms with Crippen molar-refractivity contribution in [3.8, 4) is 0 Å². The van der Waals surface area contributed by atoms with E-state index in [4.69, 9.17) is 23.2 Å². The Bertz CT molecular complexity index is 1130. The van der Waals surface area contributed by atoms with Crippen molar-refractivity contribution < 1.29 is 9.85 Å². The van der Waals surface area contributed by atoms with Crippen molar-refractivity contribution in [2.24, 2.45) is 0 Å². The van der Waals surface area contributed by atoms with Crippen molar-refractivity contribution in [2.45, 2.75) is 6.54 Å². The molecule has 0 bridgehead atoms. The number of anilines is 3. The first-order chi connectivity index (χ1) is 15.3. The number of nitrogens with one attached hydrogen (secondary N) is 3. The van der Waals surface area contributed by atoms with E-state index in [-0.39, 0.29) is 23.7 Å². The lowest BCUT2D eigenvalue weighted by Gasteiger charge is -2.11. The molecule has 0 fully saturated rings. The Balaban J connectivity index is 1.59. The van der Waals surface area contributed by atoms with E-state index in [2.05, 4.69) is 25.9 Å².